The first-order valence-electron chi connectivity index (χ1n) is 34.5. The molecule has 0 fully saturated rings. The van der Waals surface area contributed by atoms with Crippen molar-refractivity contribution >= 4 is 17.9 Å². The minimum Gasteiger partial charge on any atom is -0.462 e. The number of hydrogen-bond acceptors (Lipinski definition) is 6. The summed E-state index contributed by atoms with van der Waals surface area (Å²) in [4.78, 5) is 38.5. The van der Waals surface area contributed by atoms with Crippen molar-refractivity contribution in [3.8, 4) is 0 Å². The minimum atomic E-state index is -0.790. The zero-order valence-corrected chi connectivity index (χ0v) is 53.7. The number of allylic oxidation sites excluding steroid dienone is 20. The number of esters is 3. The number of hydrogen-bond donors (Lipinski definition) is 0. The van der Waals surface area contributed by atoms with Gasteiger partial charge in [0.2, 0.25) is 0 Å². The van der Waals surface area contributed by atoms with E-state index in [1.54, 1.807) is 0 Å². The lowest BCUT2D eigenvalue weighted by Gasteiger charge is -2.18. The highest BCUT2D eigenvalue weighted by atomic mass is 16.6. The average molecular weight is 1140 g/mol. The SMILES string of the molecule is CC/C=C\C/C=C\C/C=C\C/C=C\C/C=C\CCCCCCCCCCCC(=O)OCC(COC(=O)CCCCCCCCCCCCCCCCCC)OC(=O)CCCCCCCCC/C=C\C/C=C\C/C=C\C/C=C\C/C=C\CC. The molecule has 1 atom stereocenters. The highest BCUT2D eigenvalue weighted by Crippen LogP contribution is 2.17. The average Bonchev–Trinajstić information content (AvgIpc) is 3.47. The fraction of sp³-hybridized carbons (Fsp3) is 0.697. The third-order valence-corrected chi connectivity index (χ3v) is 14.7. The Bertz CT molecular complexity index is 1690. The van der Waals surface area contributed by atoms with Gasteiger partial charge in [0, 0.05) is 19.3 Å². The summed E-state index contributed by atoms with van der Waals surface area (Å²) in [6, 6.07) is 0. The lowest BCUT2D eigenvalue weighted by atomic mass is 10.0. The summed E-state index contributed by atoms with van der Waals surface area (Å²) in [5.74, 6) is -0.889. The van der Waals surface area contributed by atoms with Crippen LogP contribution in [-0.2, 0) is 28.6 Å². The third kappa shape index (κ3) is 66.6. The van der Waals surface area contributed by atoms with Crippen molar-refractivity contribution in [1.29, 1.82) is 0 Å². The van der Waals surface area contributed by atoms with Crippen molar-refractivity contribution in [2.75, 3.05) is 13.2 Å². The zero-order chi connectivity index (χ0) is 59.2. The lowest BCUT2D eigenvalue weighted by Crippen LogP contribution is -2.30. The summed E-state index contributed by atoms with van der Waals surface area (Å²) >= 11 is 0. The van der Waals surface area contributed by atoms with Crippen LogP contribution in [-0.4, -0.2) is 37.2 Å². The van der Waals surface area contributed by atoms with Crippen LogP contribution >= 0.6 is 0 Å². The summed E-state index contributed by atoms with van der Waals surface area (Å²) < 4.78 is 17.0. The van der Waals surface area contributed by atoms with Crippen LogP contribution in [0.5, 0.6) is 0 Å². The van der Waals surface area contributed by atoms with Gasteiger partial charge < -0.3 is 14.2 Å². The van der Waals surface area contributed by atoms with Crippen molar-refractivity contribution in [2.45, 2.75) is 329 Å². The summed E-state index contributed by atoms with van der Waals surface area (Å²) in [7, 11) is 0. The molecule has 6 heteroatoms. The molecule has 0 saturated heterocycles. The molecule has 0 N–H and O–H groups in total. The number of carbonyl (C=O) groups excluding carboxylic acids is 3. The summed E-state index contributed by atoms with van der Waals surface area (Å²) in [5, 5.41) is 0. The first-order chi connectivity index (χ1) is 40.5. The van der Waals surface area contributed by atoms with Crippen LogP contribution in [0.1, 0.15) is 323 Å². The molecule has 0 aromatic carbocycles. The fourth-order valence-corrected chi connectivity index (χ4v) is 9.62. The third-order valence-electron chi connectivity index (χ3n) is 14.7. The first kappa shape index (κ1) is 77.8. The maximum absolute atomic E-state index is 13.0. The standard InChI is InChI=1S/C76H128O6/c1-4-7-10-13-16-19-22-25-28-31-33-35-37-38-40-41-43-45-48-51-54-57-60-63-66-69-75(78)81-72-73(71-80-74(77)68-65-62-59-56-53-50-47-30-27-24-21-18-15-12-9-6-3)82-76(79)70-67-64-61-58-55-52-49-46-44-42-39-36-34-32-29-26-23-20-17-14-11-8-5-2/h7-8,10-11,16-17,19-20,25-26,28-29,33-36,38,40,42,44,73H,4-6,9,12-15,18,21-24,27,30-32,37,39,41,43,45-72H2,1-3H3/b10-7-,11-8-,19-16-,20-17-,28-25-,29-26-,35-33-,36-34-,40-38-,44-42-. The second-order valence-corrected chi connectivity index (χ2v) is 22.7. The molecular formula is C76H128O6. The Labute approximate surface area is 507 Å². The van der Waals surface area contributed by atoms with Crippen LogP contribution in [0.15, 0.2) is 122 Å². The summed E-state index contributed by atoms with van der Waals surface area (Å²) in [6.07, 6.45) is 96.3. The van der Waals surface area contributed by atoms with Crippen molar-refractivity contribution in [2.24, 2.45) is 0 Å². The first-order valence-corrected chi connectivity index (χ1v) is 34.5. The normalized spacial score (nSPS) is 12.9. The Morgan fingerprint density at radius 2 is 0.476 bits per heavy atom. The Morgan fingerprint density at radius 1 is 0.256 bits per heavy atom. The molecule has 0 aliphatic carbocycles. The quantitative estimate of drug-likeness (QED) is 0.0261. The van der Waals surface area contributed by atoms with Gasteiger partial charge in [-0.3, -0.25) is 14.4 Å². The molecule has 1 unspecified atom stereocenters. The maximum atomic E-state index is 13.0. The molecule has 0 spiro atoms. The molecule has 0 bridgehead atoms. The van der Waals surface area contributed by atoms with Gasteiger partial charge in [-0.05, 0) is 109 Å². The lowest BCUT2D eigenvalue weighted by molar-refractivity contribution is -0.167. The molecular weight excluding hydrogens is 1010 g/mol. The van der Waals surface area contributed by atoms with Crippen LogP contribution < -0.4 is 0 Å². The molecule has 0 radical (unpaired) electrons. The van der Waals surface area contributed by atoms with E-state index in [0.717, 1.165) is 135 Å². The maximum Gasteiger partial charge on any atom is 0.306 e. The topological polar surface area (TPSA) is 78.9 Å². The van der Waals surface area contributed by atoms with Gasteiger partial charge in [-0.15, -0.1) is 0 Å². The molecule has 0 aromatic heterocycles. The Hall–Kier alpha value is -4.19. The largest absolute Gasteiger partial charge is 0.462 e. The molecule has 6 nitrogen and oxygen atoms in total. The zero-order valence-electron chi connectivity index (χ0n) is 53.7. The van der Waals surface area contributed by atoms with Gasteiger partial charge >= 0.3 is 17.9 Å². The van der Waals surface area contributed by atoms with Crippen LogP contribution in [0.3, 0.4) is 0 Å². The van der Waals surface area contributed by atoms with Gasteiger partial charge in [-0.25, -0.2) is 0 Å². The van der Waals surface area contributed by atoms with E-state index in [9.17, 15) is 14.4 Å². The van der Waals surface area contributed by atoms with Gasteiger partial charge in [0.15, 0.2) is 6.10 Å². The molecule has 0 aromatic rings. The van der Waals surface area contributed by atoms with Crippen molar-refractivity contribution < 1.29 is 28.6 Å². The van der Waals surface area contributed by atoms with Crippen molar-refractivity contribution in [3.63, 3.8) is 0 Å². The molecule has 0 amide bonds. The summed E-state index contributed by atoms with van der Waals surface area (Å²) in [5.41, 5.74) is 0. The highest BCUT2D eigenvalue weighted by molar-refractivity contribution is 5.71. The molecule has 82 heavy (non-hydrogen) atoms. The molecule has 0 saturated carbocycles. The van der Waals surface area contributed by atoms with Crippen LogP contribution in [0, 0.1) is 0 Å². The smallest absolute Gasteiger partial charge is 0.306 e. The minimum absolute atomic E-state index is 0.0836. The van der Waals surface area contributed by atoms with E-state index in [1.165, 1.54) is 148 Å². The Kier molecular flexibility index (Phi) is 65.8. The van der Waals surface area contributed by atoms with Gasteiger partial charge in [-0.2, -0.15) is 0 Å². The van der Waals surface area contributed by atoms with E-state index in [2.05, 4.69) is 142 Å². The van der Waals surface area contributed by atoms with E-state index >= 15 is 0 Å². The molecule has 0 heterocycles. The van der Waals surface area contributed by atoms with Crippen LogP contribution in [0.4, 0.5) is 0 Å². The Morgan fingerprint density at radius 3 is 0.744 bits per heavy atom. The second kappa shape index (κ2) is 69.3. The molecule has 0 aliphatic heterocycles. The molecule has 0 aliphatic rings. The van der Waals surface area contributed by atoms with E-state index < -0.39 is 6.10 Å². The fourth-order valence-electron chi connectivity index (χ4n) is 9.62. The van der Waals surface area contributed by atoms with Crippen molar-refractivity contribution in [3.05, 3.63) is 122 Å². The number of carbonyl (C=O) groups is 3. The predicted octanol–water partition coefficient (Wildman–Crippen LogP) is 23.9. The van der Waals surface area contributed by atoms with Crippen molar-refractivity contribution in [1.82, 2.24) is 0 Å². The van der Waals surface area contributed by atoms with Gasteiger partial charge in [0.25, 0.3) is 0 Å². The number of ether oxygens (including phenoxy) is 3. The van der Waals surface area contributed by atoms with E-state index in [-0.39, 0.29) is 31.1 Å². The van der Waals surface area contributed by atoms with Crippen LogP contribution in [0.25, 0.3) is 0 Å². The van der Waals surface area contributed by atoms with Gasteiger partial charge in [-0.1, -0.05) is 316 Å². The Balaban J connectivity index is 4.40. The highest BCUT2D eigenvalue weighted by Gasteiger charge is 2.19. The molecule has 0 rings (SSSR count). The second-order valence-electron chi connectivity index (χ2n) is 22.7. The number of rotatable bonds is 62. The van der Waals surface area contributed by atoms with E-state index in [0.29, 0.717) is 19.3 Å². The van der Waals surface area contributed by atoms with Gasteiger partial charge in [0.05, 0.1) is 0 Å². The van der Waals surface area contributed by atoms with Gasteiger partial charge in [0.1, 0.15) is 13.2 Å². The monoisotopic (exact) mass is 1140 g/mol. The molecule has 468 valence electrons. The summed E-state index contributed by atoms with van der Waals surface area (Å²) in [6.45, 7) is 6.44. The van der Waals surface area contributed by atoms with E-state index in [1.807, 2.05) is 0 Å². The van der Waals surface area contributed by atoms with Crippen LogP contribution in [0.2, 0.25) is 0 Å². The predicted molar refractivity (Wildman–Crippen MR) is 357 cm³/mol. The number of unbranched alkanes of at least 4 members (excludes halogenated alkanes) is 31. The van der Waals surface area contributed by atoms with E-state index in [4.69, 9.17) is 14.2 Å².